The first-order valence-corrected chi connectivity index (χ1v) is 8.97. The van der Waals surface area contributed by atoms with E-state index in [2.05, 4.69) is 47.3 Å². The predicted octanol–water partition coefficient (Wildman–Crippen LogP) is 6.29. The number of aryl methyl sites for hydroxylation is 1. The van der Waals surface area contributed by atoms with Crippen LogP contribution in [0.3, 0.4) is 0 Å². The molecule has 3 nitrogen and oxygen atoms in total. The van der Waals surface area contributed by atoms with E-state index in [9.17, 15) is 4.79 Å². The standard InChI is InChI=1S/C18H21BrN2OS/c1-12-5-8-14(9-6-12)20-17(22)21-15-11-13(19)7-10-16(15)23-18(2,3)4/h5-11H,1-4H3,(H2,20,21,22). The summed E-state index contributed by atoms with van der Waals surface area (Å²) >= 11 is 5.18. The summed E-state index contributed by atoms with van der Waals surface area (Å²) in [5.41, 5.74) is 2.73. The van der Waals surface area contributed by atoms with Crippen molar-refractivity contribution in [3.05, 3.63) is 52.5 Å². The third-order valence-electron chi connectivity index (χ3n) is 2.92. The first-order chi connectivity index (χ1) is 10.7. The van der Waals surface area contributed by atoms with Crippen LogP contribution in [-0.2, 0) is 0 Å². The van der Waals surface area contributed by atoms with Gasteiger partial charge in [0, 0.05) is 19.8 Å². The molecule has 2 rings (SSSR count). The average Bonchev–Trinajstić information content (AvgIpc) is 2.43. The molecule has 2 N–H and O–H groups in total. The van der Waals surface area contributed by atoms with Gasteiger partial charge in [0.2, 0.25) is 0 Å². The highest BCUT2D eigenvalue weighted by molar-refractivity contribution is 9.10. The highest BCUT2D eigenvalue weighted by atomic mass is 79.9. The molecule has 0 saturated carbocycles. The number of benzene rings is 2. The van der Waals surface area contributed by atoms with E-state index in [1.54, 1.807) is 11.8 Å². The molecule has 0 aliphatic rings. The fourth-order valence-corrected chi connectivity index (χ4v) is 3.32. The number of carbonyl (C=O) groups excluding carboxylic acids is 1. The van der Waals surface area contributed by atoms with Crippen LogP contribution in [0.4, 0.5) is 16.2 Å². The predicted molar refractivity (Wildman–Crippen MR) is 104 cm³/mol. The van der Waals surface area contributed by atoms with Gasteiger partial charge in [0.25, 0.3) is 0 Å². The number of nitrogens with one attached hydrogen (secondary N) is 2. The van der Waals surface area contributed by atoms with Crippen LogP contribution in [0.1, 0.15) is 26.3 Å². The van der Waals surface area contributed by atoms with Crippen molar-refractivity contribution >= 4 is 45.1 Å². The number of carbonyl (C=O) groups is 1. The summed E-state index contributed by atoms with van der Waals surface area (Å²) < 4.78 is 0.999. The second kappa shape index (κ2) is 7.41. The lowest BCUT2D eigenvalue weighted by atomic mass is 10.2. The Labute approximate surface area is 150 Å². The maximum atomic E-state index is 12.2. The molecule has 0 aliphatic heterocycles. The molecule has 2 aromatic carbocycles. The van der Waals surface area contributed by atoms with E-state index < -0.39 is 0 Å². The number of halogens is 1. The zero-order chi connectivity index (χ0) is 17.0. The molecule has 2 amide bonds. The van der Waals surface area contributed by atoms with Gasteiger partial charge >= 0.3 is 6.03 Å². The summed E-state index contributed by atoms with van der Waals surface area (Å²) in [4.78, 5) is 13.3. The average molecular weight is 393 g/mol. The van der Waals surface area contributed by atoms with E-state index in [0.717, 1.165) is 26.3 Å². The SMILES string of the molecule is Cc1ccc(NC(=O)Nc2cc(Br)ccc2SC(C)(C)C)cc1. The van der Waals surface area contributed by atoms with E-state index in [1.165, 1.54) is 0 Å². The lowest BCUT2D eigenvalue weighted by Gasteiger charge is -2.20. The lowest BCUT2D eigenvalue weighted by Crippen LogP contribution is -2.20. The van der Waals surface area contributed by atoms with Crippen molar-refractivity contribution in [1.29, 1.82) is 0 Å². The van der Waals surface area contributed by atoms with Crippen LogP contribution < -0.4 is 10.6 Å². The molecule has 122 valence electrons. The molecule has 0 unspecified atom stereocenters. The maximum absolute atomic E-state index is 12.2. The topological polar surface area (TPSA) is 41.1 Å². The molecule has 23 heavy (non-hydrogen) atoms. The van der Waals surface area contributed by atoms with Crippen LogP contribution in [0.5, 0.6) is 0 Å². The van der Waals surface area contributed by atoms with E-state index in [-0.39, 0.29) is 10.8 Å². The van der Waals surface area contributed by atoms with Crippen molar-refractivity contribution in [3.8, 4) is 0 Å². The summed E-state index contributed by atoms with van der Waals surface area (Å²) in [7, 11) is 0. The van der Waals surface area contributed by atoms with Crippen molar-refractivity contribution < 1.29 is 4.79 Å². The van der Waals surface area contributed by atoms with Gasteiger partial charge in [-0.15, -0.1) is 11.8 Å². The second-order valence-electron chi connectivity index (χ2n) is 6.30. The monoisotopic (exact) mass is 392 g/mol. The van der Waals surface area contributed by atoms with Crippen LogP contribution in [0.15, 0.2) is 51.8 Å². The van der Waals surface area contributed by atoms with E-state index in [1.807, 2.05) is 49.4 Å². The number of thioether (sulfide) groups is 1. The van der Waals surface area contributed by atoms with E-state index in [4.69, 9.17) is 0 Å². The van der Waals surface area contributed by atoms with Gasteiger partial charge in [0.05, 0.1) is 5.69 Å². The number of hydrogen-bond acceptors (Lipinski definition) is 2. The van der Waals surface area contributed by atoms with Crippen molar-refractivity contribution in [1.82, 2.24) is 0 Å². The summed E-state index contributed by atoms with van der Waals surface area (Å²) in [5.74, 6) is 0. The van der Waals surface area contributed by atoms with Gasteiger partial charge in [0.15, 0.2) is 0 Å². The molecule has 0 fully saturated rings. The Morgan fingerprint density at radius 2 is 1.70 bits per heavy atom. The molecule has 0 atom stereocenters. The molecule has 0 aromatic heterocycles. The Morgan fingerprint density at radius 3 is 2.30 bits per heavy atom. The number of urea groups is 1. The minimum Gasteiger partial charge on any atom is -0.308 e. The molecule has 0 aliphatic carbocycles. The Bertz CT molecular complexity index is 693. The zero-order valence-corrected chi connectivity index (χ0v) is 16.1. The minimum atomic E-state index is -0.247. The smallest absolute Gasteiger partial charge is 0.308 e. The Balaban J connectivity index is 2.13. The van der Waals surface area contributed by atoms with E-state index >= 15 is 0 Å². The van der Waals surface area contributed by atoms with Gasteiger partial charge in [-0.25, -0.2) is 4.79 Å². The third-order valence-corrected chi connectivity index (χ3v) is 4.60. The molecule has 5 heteroatoms. The third kappa shape index (κ3) is 5.92. The van der Waals surface area contributed by atoms with Gasteiger partial charge in [0.1, 0.15) is 0 Å². The van der Waals surface area contributed by atoms with Gasteiger partial charge in [-0.2, -0.15) is 0 Å². The zero-order valence-electron chi connectivity index (χ0n) is 13.7. The van der Waals surface area contributed by atoms with E-state index in [0.29, 0.717) is 0 Å². The van der Waals surface area contributed by atoms with Gasteiger partial charge < -0.3 is 10.6 Å². The highest BCUT2D eigenvalue weighted by Gasteiger charge is 2.16. The van der Waals surface area contributed by atoms with Gasteiger partial charge in [-0.3, -0.25) is 0 Å². The van der Waals surface area contributed by atoms with Crippen LogP contribution in [0.2, 0.25) is 0 Å². The first-order valence-electron chi connectivity index (χ1n) is 7.36. The second-order valence-corrected chi connectivity index (χ2v) is 9.08. The molecular weight excluding hydrogens is 372 g/mol. The Hall–Kier alpha value is -1.46. The molecule has 0 saturated heterocycles. The highest BCUT2D eigenvalue weighted by Crippen LogP contribution is 2.38. The van der Waals surface area contributed by atoms with Crippen LogP contribution in [0.25, 0.3) is 0 Å². The maximum Gasteiger partial charge on any atom is 0.323 e. The number of anilines is 2. The summed E-state index contributed by atoms with van der Waals surface area (Å²) in [6.07, 6.45) is 0. The van der Waals surface area contributed by atoms with Crippen LogP contribution in [0, 0.1) is 6.92 Å². The first kappa shape index (κ1) is 17.9. The van der Waals surface area contributed by atoms with Crippen molar-refractivity contribution in [2.24, 2.45) is 0 Å². The normalized spacial score (nSPS) is 11.2. The number of hydrogen-bond donors (Lipinski definition) is 2. The molecule has 0 heterocycles. The van der Waals surface area contributed by atoms with Crippen molar-refractivity contribution in [2.45, 2.75) is 37.3 Å². The largest absolute Gasteiger partial charge is 0.323 e. The molecule has 0 bridgehead atoms. The summed E-state index contributed by atoms with van der Waals surface area (Å²) in [5, 5.41) is 5.79. The van der Waals surface area contributed by atoms with Gasteiger partial charge in [-0.05, 0) is 37.3 Å². The van der Waals surface area contributed by atoms with Crippen LogP contribution in [-0.4, -0.2) is 10.8 Å². The number of rotatable bonds is 3. The number of amides is 2. The van der Waals surface area contributed by atoms with Gasteiger partial charge in [-0.1, -0.05) is 54.4 Å². The molecule has 0 radical (unpaired) electrons. The van der Waals surface area contributed by atoms with Crippen LogP contribution >= 0.6 is 27.7 Å². The lowest BCUT2D eigenvalue weighted by molar-refractivity contribution is 0.262. The Kier molecular flexibility index (Phi) is 5.76. The minimum absolute atomic E-state index is 0.0672. The Morgan fingerprint density at radius 1 is 1.04 bits per heavy atom. The summed E-state index contributed by atoms with van der Waals surface area (Å²) in [6.45, 7) is 8.46. The fourth-order valence-electron chi connectivity index (χ4n) is 1.94. The molecular formula is C18H21BrN2OS. The van der Waals surface area contributed by atoms with Crippen molar-refractivity contribution in [3.63, 3.8) is 0 Å². The molecule has 0 spiro atoms. The summed E-state index contributed by atoms with van der Waals surface area (Å²) in [6, 6.07) is 13.4. The quantitative estimate of drug-likeness (QED) is 0.602. The van der Waals surface area contributed by atoms with Crippen molar-refractivity contribution in [2.75, 3.05) is 10.6 Å². The molecule has 2 aromatic rings. The fraction of sp³-hybridized carbons (Fsp3) is 0.278.